The molecule has 2 aromatic heterocycles. The highest BCUT2D eigenvalue weighted by atomic mass is 16.3. The lowest BCUT2D eigenvalue weighted by Crippen LogP contribution is -2.29. The lowest BCUT2D eigenvalue weighted by atomic mass is 9.96. The number of anilines is 1. The molecular weight excluding hydrogens is 318 g/mol. The van der Waals surface area contributed by atoms with Crippen LogP contribution in [-0.2, 0) is 13.2 Å². The van der Waals surface area contributed by atoms with Crippen molar-refractivity contribution >= 4 is 5.82 Å². The van der Waals surface area contributed by atoms with E-state index >= 15 is 0 Å². The van der Waals surface area contributed by atoms with Crippen LogP contribution in [0.15, 0.2) is 12.3 Å². The summed E-state index contributed by atoms with van der Waals surface area (Å²) in [4.78, 5) is 13.1. The van der Waals surface area contributed by atoms with Gasteiger partial charge in [0.2, 0.25) is 0 Å². The molecule has 3 heterocycles. The number of nitrogens with zero attached hydrogens (tertiary/aromatic N) is 3. The lowest BCUT2D eigenvalue weighted by Gasteiger charge is -2.23. The van der Waals surface area contributed by atoms with E-state index in [1.807, 2.05) is 13.0 Å². The van der Waals surface area contributed by atoms with E-state index in [-0.39, 0.29) is 12.4 Å². The predicted molar refractivity (Wildman–Crippen MR) is 95.5 cm³/mol. The van der Waals surface area contributed by atoms with Gasteiger partial charge in [-0.05, 0) is 33.2 Å². The van der Waals surface area contributed by atoms with E-state index < -0.39 is 0 Å². The molecule has 134 valence electrons. The molecule has 0 radical (unpaired) electrons. The highest BCUT2D eigenvalue weighted by molar-refractivity contribution is 5.45. The average Bonchev–Trinajstić information content (AvgIpc) is 2.63. The van der Waals surface area contributed by atoms with Crippen molar-refractivity contribution in [3.8, 4) is 5.75 Å². The summed E-state index contributed by atoms with van der Waals surface area (Å²) >= 11 is 0. The van der Waals surface area contributed by atoms with Crippen LogP contribution in [0.3, 0.4) is 0 Å². The SMILES string of the molecule is Cc1nc(NCc2c(CO)cnc(C)c2O)cc(C2CCCNC2)n1. The Morgan fingerprint density at radius 3 is 2.88 bits per heavy atom. The minimum atomic E-state index is -0.167. The molecule has 1 aliphatic rings. The second-order valence-corrected chi connectivity index (χ2v) is 6.48. The first-order valence-electron chi connectivity index (χ1n) is 8.66. The number of aryl methyl sites for hydroxylation is 2. The van der Waals surface area contributed by atoms with E-state index in [1.165, 1.54) is 0 Å². The van der Waals surface area contributed by atoms with Crippen molar-refractivity contribution in [1.29, 1.82) is 0 Å². The summed E-state index contributed by atoms with van der Waals surface area (Å²) < 4.78 is 0. The van der Waals surface area contributed by atoms with Crippen molar-refractivity contribution in [2.45, 2.75) is 45.8 Å². The molecule has 1 unspecified atom stereocenters. The first kappa shape index (κ1) is 17.6. The Hall–Kier alpha value is -2.25. The number of hydrogen-bond acceptors (Lipinski definition) is 7. The van der Waals surface area contributed by atoms with Crippen LogP contribution in [0.2, 0.25) is 0 Å². The second-order valence-electron chi connectivity index (χ2n) is 6.48. The van der Waals surface area contributed by atoms with Crippen LogP contribution >= 0.6 is 0 Å². The fourth-order valence-electron chi connectivity index (χ4n) is 3.19. The highest BCUT2D eigenvalue weighted by Crippen LogP contribution is 2.26. The molecule has 1 atom stereocenters. The van der Waals surface area contributed by atoms with Crippen LogP contribution in [0.25, 0.3) is 0 Å². The molecule has 0 saturated carbocycles. The van der Waals surface area contributed by atoms with Crippen molar-refractivity contribution in [3.05, 3.63) is 40.6 Å². The summed E-state index contributed by atoms with van der Waals surface area (Å²) in [6.07, 6.45) is 3.87. The third-order valence-electron chi connectivity index (χ3n) is 4.62. The molecule has 4 N–H and O–H groups in total. The van der Waals surface area contributed by atoms with Crippen molar-refractivity contribution in [1.82, 2.24) is 20.3 Å². The summed E-state index contributed by atoms with van der Waals surface area (Å²) in [6.45, 7) is 5.83. The summed E-state index contributed by atoms with van der Waals surface area (Å²) in [6, 6.07) is 1.98. The number of aromatic hydroxyl groups is 1. The van der Waals surface area contributed by atoms with Gasteiger partial charge in [-0.2, -0.15) is 0 Å². The van der Waals surface area contributed by atoms with Crippen LogP contribution in [-0.4, -0.2) is 38.3 Å². The van der Waals surface area contributed by atoms with Crippen molar-refractivity contribution in [2.24, 2.45) is 0 Å². The molecule has 2 aromatic rings. The standard InChI is InChI=1S/C18H25N5O2/c1-11-18(25)15(14(10-24)8-20-11)9-21-17-6-16(22-12(2)23-17)13-4-3-5-19-7-13/h6,8,13,19,24-25H,3-5,7,9-10H2,1-2H3,(H,21,22,23). The van der Waals surface area contributed by atoms with Gasteiger partial charge in [-0.1, -0.05) is 0 Å². The third kappa shape index (κ3) is 4.05. The molecule has 0 aromatic carbocycles. The lowest BCUT2D eigenvalue weighted by molar-refractivity contribution is 0.279. The van der Waals surface area contributed by atoms with Gasteiger partial charge in [-0.15, -0.1) is 0 Å². The Balaban J connectivity index is 1.80. The normalized spacial score (nSPS) is 17.5. The molecule has 1 aliphatic heterocycles. The maximum atomic E-state index is 10.2. The summed E-state index contributed by atoms with van der Waals surface area (Å²) in [5.41, 5.74) is 2.84. The minimum absolute atomic E-state index is 0.113. The zero-order chi connectivity index (χ0) is 17.8. The smallest absolute Gasteiger partial charge is 0.142 e. The molecule has 1 fully saturated rings. The fourth-order valence-corrected chi connectivity index (χ4v) is 3.19. The molecule has 3 rings (SSSR count). The maximum absolute atomic E-state index is 10.2. The fraction of sp³-hybridized carbons (Fsp3) is 0.500. The van der Waals surface area contributed by atoms with E-state index in [4.69, 9.17) is 0 Å². The van der Waals surface area contributed by atoms with Crippen LogP contribution in [0.4, 0.5) is 5.82 Å². The Morgan fingerprint density at radius 2 is 2.16 bits per heavy atom. The van der Waals surface area contributed by atoms with Crippen molar-refractivity contribution in [3.63, 3.8) is 0 Å². The molecule has 1 saturated heterocycles. The van der Waals surface area contributed by atoms with Gasteiger partial charge in [0, 0.05) is 42.4 Å². The number of pyridine rings is 1. The van der Waals surface area contributed by atoms with Gasteiger partial charge < -0.3 is 20.8 Å². The van der Waals surface area contributed by atoms with Gasteiger partial charge in [-0.25, -0.2) is 9.97 Å². The Bertz CT molecular complexity index is 744. The van der Waals surface area contributed by atoms with Gasteiger partial charge in [0.05, 0.1) is 18.0 Å². The van der Waals surface area contributed by atoms with Gasteiger partial charge >= 0.3 is 0 Å². The summed E-state index contributed by atoms with van der Waals surface area (Å²) in [5, 5.41) is 26.4. The van der Waals surface area contributed by atoms with E-state index in [2.05, 4.69) is 25.6 Å². The first-order chi connectivity index (χ1) is 12.1. The van der Waals surface area contributed by atoms with E-state index in [0.717, 1.165) is 43.3 Å². The summed E-state index contributed by atoms with van der Waals surface area (Å²) in [7, 11) is 0. The van der Waals surface area contributed by atoms with Gasteiger partial charge in [0.15, 0.2) is 0 Å². The van der Waals surface area contributed by atoms with E-state index in [1.54, 1.807) is 13.1 Å². The van der Waals surface area contributed by atoms with Crippen LogP contribution < -0.4 is 10.6 Å². The summed E-state index contributed by atoms with van der Waals surface area (Å²) in [5.74, 6) is 1.97. The largest absolute Gasteiger partial charge is 0.506 e. The van der Waals surface area contributed by atoms with Crippen molar-refractivity contribution in [2.75, 3.05) is 18.4 Å². The zero-order valence-corrected chi connectivity index (χ0v) is 14.7. The average molecular weight is 343 g/mol. The number of rotatable bonds is 5. The molecule has 7 heteroatoms. The molecular formula is C18H25N5O2. The molecule has 25 heavy (non-hydrogen) atoms. The van der Waals surface area contributed by atoms with Gasteiger partial charge in [0.25, 0.3) is 0 Å². The van der Waals surface area contributed by atoms with Crippen LogP contribution in [0, 0.1) is 13.8 Å². The number of aliphatic hydroxyl groups is 1. The number of aliphatic hydroxyl groups excluding tert-OH is 1. The van der Waals surface area contributed by atoms with Gasteiger partial charge in [-0.3, -0.25) is 4.98 Å². The molecule has 7 nitrogen and oxygen atoms in total. The predicted octanol–water partition coefficient (Wildman–Crippen LogP) is 1.77. The monoisotopic (exact) mass is 343 g/mol. The molecule has 0 aliphatic carbocycles. The number of hydrogen-bond donors (Lipinski definition) is 4. The number of aromatic nitrogens is 3. The molecule has 0 bridgehead atoms. The highest BCUT2D eigenvalue weighted by Gasteiger charge is 2.18. The van der Waals surface area contributed by atoms with E-state index in [0.29, 0.717) is 29.3 Å². The number of nitrogens with one attached hydrogen (secondary N) is 2. The second kappa shape index (κ2) is 7.76. The minimum Gasteiger partial charge on any atom is -0.506 e. The molecule has 0 spiro atoms. The molecule has 0 amide bonds. The van der Waals surface area contributed by atoms with E-state index in [9.17, 15) is 10.2 Å². The zero-order valence-electron chi connectivity index (χ0n) is 14.7. The quantitative estimate of drug-likeness (QED) is 0.656. The Kier molecular flexibility index (Phi) is 5.45. The Morgan fingerprint density at radius 1 is 1.32 bits per heavy atom. The Labute approximate surface area is 147 Å². The number of piperidine rings is 1. The maximum Gasteiger partial charge on any atom is 0.142 e. The first-order valence-corrected chi connectivity index (χ1v) is 8.66. The third-order valence-corrected chi connectivity index (χ3v) is 4.62. The van der Waals surface area contributed by atoms with Crippen molar-refractivity contribution < 1.29 is 10.2 Å². The topological polar surface area (TPSA) is 103 Å². The van der Waals surface area contributed by atoms with Crippen LogP contribution in [0.5, 0.6) is 5.75 Å². The van der Waals surface area contributed by atoms with Gasteiger partial charge in [0.1, 0.15) is 17.4 Å². The van der Waals surface area contributed by atoms with Crippen LogP contribution in [0.1, 0.15) is 47.1 Å².